The minimum Gasteiger partial charge on any atom is -0.272 e. The van der Waals surface area contributed by atoms with E-state index in [2.05, 4.69) is 40.9 Å². The molecular formula is C22H19ClN2OS. The van der Waals surface area contributed by atoms with Gasteiger partial charge in [0.2, 0.25) is 0 Å². The zero-order valence-corrected chi connectivity index (χ0v) is 16.5. The summed E-state index contributed by atoms with van der Waals surface area (Å²) in [5.74, 6) is -0.128. The van der Waals surface area contributed by atoms with Gasteiger partial charge < -0.3 is 0 Å². The summed E-state index contributed by atoms with van der Waals surface area (Å²) in [7, 11) is 0. The Morgan fingerprint density at radius 1 is 1.11 bits per heavy atom. The smallest absolute Gasteiger partial charge is 0.253 e. The van der Waals surface area contributed by atoms with Gasteiger partial charge in [0.05, 0.1) is 11.5 Å². The van der Waals surface area contributed by atoms with Gasteiger partial charge in [-0.1, -0.05) is 41.9 Å². The molecule has 0 spiro atoms. The van der Waals surface area contributed by atoms with Crippen LogP contribution in [-0.4, -0.2) is 17.4 Å². The molecule has 1 aliphatic carbocycles. The zero-order valence-electron chi connectivity index (χ0n) is 14.9. The largest absolute Gasteiger partial charge is 0.272 e. The Kier molecular flexibility index (Phi) is 5.19. The number of halogens is 1. The minimum atomic E-state index is -0.254. The highest BCUT2D eigenvalue weighted by Gasteiger charge is 2.16. The molecule has 0 fully saturated rings. The molecule has 1 aliphatic rings. The Hall–Kier alpha value is -2.30. The van der Waals surface area contributed by atoms with E-state index >= 15 is 0 Å². The Bertz CT molecular complexity index is 1020. The van der Waals surface area contributed by atoms with Gasteiger partial charge in [-0.05, 0) is 65.9 Å². The van der Waals surface area contributed by atoms with Crippen molar-refractivity contribution in [3.8, 4) is 0 Å². The summed E-state index contributed by atoms with van der Waals surface area (Å²) in [6.45, 7) is 1.86. The number of nitrogens with zero attached hydrogens (tertiary/aromatic N) is 1. The molecule has 27 heavy (non-hydrogen) atoms. The number of aryl methyl sites for hydroxylation is 2. The predicted molar refractivity (Wildman–Crippen MR) is 114 cm³/mol. The average Bonchev–Trinajstić information content (AvgIpc) is 3.10. The van der Waals surface area contributed by atoms with Gasteiger partial charge in [-0.3, -0.25) is 4.79 Å². The molecule has 136 valence electrons. The lowest BCUT2D eigenvalue weighted by Crippen LogP contribution is -2.26. The van der Waals surface area contributed by atoms with Crippen LogP contribution in [0, 0.1) is 0 Å². The molecule has 0 saturated carbocycles. The molecule has 5 heteroatoms. The fraction of sp³-hybridized carbons (Fsp3) is 0.182. The molecule has 3 nitrogen and oxygen atoms in total. The molecule has 0 radical (unpaired) electrons. The van der Waals surface area contributed by atoms with E-state index in [9.17, 15) is 4.79 Å². The number of hydrazone groups is 1. The fourth-order valence-corrected chi connectivity index (χ4v) is 4.40. The number of amides is 1. The van der Waals surface area contributed by atoms with Gasteiger partial charge in [-0.2, -0.15) is 5.10 Å². The van der Waals surface area contributed by atoms with Crippen molar-refractivity contribution in [3.05, 3.63) is 76.3 Å². The van der Waals surface area contributed by atoms with Crippen molar-refractivity contribution in [2.45, 2.75) is 29.9 Å². The molecule has 0 aromatic heterocycles. The van der Waals surface area contributed by atoms with Crippen LogP contribution < -0.4 is 5.43 Å². The second-order valence-corrected chi connectivity index (χ2v) is 8.45. The summed E-state index contributed by atoms with van der Waals surface area (Å²) in [4.78, 5) is 13.3. The molecule has 3 aromatic rings. The molecule has 0 bridgehead atoms. The van der Waals surface area contributed by atoms with Gasteiger partial charge in [-0.25, -0.2) is 5.43 Å². The highest BCUT2D eigenvalue weighted by Crippen LogP contribution is 2.32. The Labute approximate surface area is 167 Å². The monoisotopic (exact) mass is 394 g/mol. The van der Waals surface area contributed by atoms with Crippen molar-refractivity contribution in [1.29, 1.82) is 0 Å². The molecule has 3 aromatic carbocycles. The predicted octanol–water partition coefficient (Wildman–Crippen LogP) is 5.22. The second kappa shape index (κ2) is 7.75. The minimum absolute atomic E-state index is 0.128. The summed E-state index contributed by atoms with van der Waals surface area (Å²) in [6.07, 6.45) is 3.94. The number of benzene rings is 3. The molecule has 1 atom stereocenters. The lowest BCUT2D eigenvalue weighted by Gasteiger charge is -2.09. The van der Waals surface area contributed by atoms with E-state index < -0.39 is 0 Å². The molecule has 1 amide bonds. The van der Waals surface area contributed by atoms with Gasteiger partial charge in [0, 0.05) is 15.5 Å². The van der Waals surface area contributed by atoms with Crippen molar-refractivity contribution in [3.63, 3.8) is 0 Å². The third-order valence-electron chi connectivity index (χ3n) is 4.78. The van der Waals surface area contributed by atoms with E-state index in [-0.39, 0.29) is 11.2 Å². The first-order valence-corrected chi connectivity index (χ1v) is 10.2. The zero-order chi connectivity index (χ0) is 18.8. The van der Waals surface area contributed by atoms with Crippen LogP contribution in [0.5, 0.6) is 0 Å². The van der Waals surface area contributed by atoms with Gasteiger partial charge in [0.15, 0.2) is 0 Å². The van der Waals surface area contributed by atoms with E-state index in [0.29, 0.717) is 5.02 Å². The van der Waals surface area contributed by atoms with E-state index in [4.69, 9.17) is 11.6 Å². The number of hydrogen-bond acceptors (Lipinski definition) is 3. The molecule has 0 aliphatic heterocycles. The standard InChI is InChI=1S/C22H19ClN2OS/c1-14(27-19-11-9-18(23)10-12-19)22(26)25-24-13-17-8-7-16-6-5-15-3-2-4-20(17)21(15)16/h2-4,7-14H,5-6H2,1H3,(H,25,26)/b24-13-/t14-/m1/s1. The Morgan fingerprint density at radius 3 is 2.63 bits per heavy atom. The quantitative estimate of drug-likeness (QED) is 0.366. The van der Waals surface area contributed by atoms with Gasteiger partial charge >= 0.3 is 0 Å². The molecule has 0 unspecified atom stereocenters. The maximum atomic E-state index is 12.3. The van der Waals surface area contributed by atoms with Crippen molar-refractivity contribution in [2.75, 3.05) is 0 Å². The molecule has 1 N–H and O–H groups in total. The Morgan fingerprint density at radius 2 is 1.85 bits per heavy atom. The van der Waals surface area contributed by atoms with Crippen molar-refractivity contribution >= 4 is 46.3 Å². The molecule has 0 saturated heterocycles. The lowest BCUT2D eigenvalue weighted by molar-refractivity contribution is -0.120. The van der Waals surface area contributed by atoms with Crippen LogP contribution in [0.3, 0.4) is 0 Å². The first-order valence-electron chi connectivity index (χ1n) is 8.90. The lowest BCUT2D eigenvalue weighted by atomic mass is 10.0. The number of rotatable bonds is 5. The topological polar surface area (TPSA) is 41.5 Å². The van der Waals surface area contributed by atoms with E-state index in [1.54, 1.807) is 6.21 Å². The molecule has 4 rings (SSSR count). The highest BCUT2D eigenvalue weighted by molar-refractivity contribution is 8.00. The van der Waals surface area contributed by atoms with E-state index in [1.807, 2.05) is 31.2 Å². The summed E-state index contributed by atoms with van der Waals surface area (Å²) >= 11 is 7.37. The Balaban J connectivity index is 1.44. The van der Waals surface area contributed by atoms with Crippen LogP contribution in [0.4, 0.5) is 0 Å². The summed E-state index contributed by atoms with van der Waals surface area (Å²) in [6, 6.07) is 18.1. The SMILES string of the molecule is C[C@@H](Sc1ccc(Cl)cc1)C(=O)N/N=C\c1ccc2c3c(cccc13)CC2. The van der Waals surface area contributed by atoms with Gasteiger partial charge in [0.1, 0.15) is 0 Å². The van der Waals surface area contributed by atoms with Crippen LogP contribution in [0.15, 0.2) is 64.6 Å². The van der Waals surface area contributed by atoms with Crippen LogP contribution in [0.2, 0.25) is 5.02 Å². The highest BCUT2D eigenvalue weighted by atomic mass is 35.5. The van der Waals surface area contributed by atoms with Gasteiger partial charge in [0.25, 0.3) is 5.91 Å². The van der Waals surface area contributed by atoms with Crippen molar-refractivity contribution in [1.82, 2.24) is 5.43 Å². The average molecular weight is 395 g/mol. The number of carbonyl (C=O) groups excluding carboxylic acids is 1. The van der Waals surface area contributed by atoms with Crippen molar-refractivity contribution in [2.24, 2.45) is 5.10 Å². The fourth-order valence-electron chi connectivity index (χ4n) is 3.41. The van der Waals surface area contributed by atoms with Crippen LogP contribution in [0.25, 0.3) is 10.8 Å². The number of hydrogen-bond donors (Lipinski definition) is 1. The van der Waals surface area contributed by atoms with E-state index in [0.717, 1.165) is 23.3 Å². The summed E-state index contributed by atoms with van der Waals surface area (Å²) in [5, 5.41) is 7.17. The third-order valence-corrected chi connectivity index (χ3v) is 6.15. The van der Waals surface area contributed by atoms with Crippen molar-refractivity contribution < 1.29 is 4.79 Å². The maximum absolute atomic E-state index is 12.3. The summed E-state index contributed by atoms with van der Waals surface area (Å²) < 4.78 is 0. The number of thioether (sulfide) groups is 1. The maximum Gasteiger partial charge on any atom is 0.253 e. The molecule has 0 heterocycles. The van der Waals surface area contributed by atoms with Crippen LogP contribution in [-0.2, 0) is 17.6 Å². The van der Waals surface area contributed by atoms with Crippen LogP contribution in [0.1, 0.15) is 23.6 Å². The number of nitrogens with one attached hydrogen (secondary N) is 1. The number of carbonyl (C=O) groups is 1. The van der Waals surface area contributed by atoms with E-state index in [1.165, 1.54) is 33.7 Å². The first kappa shape index (κ1) is 18.1. The normalized spacial score (nSPS) is 14.0. The molecular weight excluding hydrogens is 376 g/mol. The van der Waals surface area contributed by atoms with Crippen LogP contribution >= 0.6 is 23.4 Å². The first-order chi connectivity index (χ1) is 13.1. The van der Waals surface area contributed by atoms with Gasteiger partial charge in [-0.15, -0.1) is 11.8 Å². The third kappa shape index (κ3) is 3.87. The summed E-state index contributed by atoms with van der Waals surface area (Å²) in [5.41, 5.74) is 6.48. The second-order valence-electron chi connectivity index (χ2n) is 6.60.